The highest BCUT2D eigenvalue weighted by Gasteiger charge is 2.36. The molecule has 0 aliphatic carbocycles. The molecule has 1 heterocycles. The minimum absolute atomic E-state index is 0.239. The van der Waals surface area contributed by atoms with E-state index in [1.807, 2.05) is 0 Å². The van der Waals surface area contributed by atoms with Gasteiger partial charge in [0.05, 0.1) is 12.8 Å². The Morgan fingerprint density at radius 3 is 2.79 bits per heavy atom. The second kappa shape index (κ2) is 5.77. The van der Waals surface area contributed by atoms with Crippen LogP contribution in [0.5, 0.6) is 5.75 Å². The molecule has 2 rings (SSSR count). The van der Waals surface area contributed by atoms with Crippen molar-refractivity contribution in [1.82, 2.24) is 0 Å². The summed E-state index contributed by atoms with van der Waals surface area (Å²) in [6.45, 7) is 0.993. The van der Waals surface area contributed by atoms with E-state index in [4.69, 9.17) is 26.8 Å². The average Bonchev–Trinajstić information content (AvgIpc) is 2.40. The van der Waals surface area contributed by atoms with E-state index in [0.29, 0.717) is 42.5 Å². The number of carbonyl (C=O) groups is 1. The molecule has 1 aromatic carbocycles. The van der Waals surface area contributed by atoms with Gasteiger partial charge in [-0.1, -0.05) is 11.6 Å². The molecule has 0 saturated carbocycles. The lowest BCUT2D eigenvalue weighted by Gasteiger charge is -2.31. The van der Waals surface area contributed by atoms with Gasteiger partial charge in [0.25, 0.3) is 0 Å². The van der Waals surface area contributed by atoms with Gasteiger partial charge in [-0.3, -0.25) is 4.79 Å². The summed E-state index contributed by atoms with van der Waals surface area (Å²) in [7, 11) is 1.53. The summed E-state index contributed by atoms with van der Waals surface area (Å²) in [6.07, 6.45) is 1.00. The predicted octanol–water partition coefficient (Wildman–Crippen LogP) is 1.79. The quantitative estimate of drug-likeness (QED) is 0.887. The largest absolute Gasteiger partial charge is 0.495 e. The van der Waals surface area contributed by atoms with Gasteiger partial charge >= 0.3 is 0 Å². The molecule has 0 spiro atoms. The summed E-state index contributed by atoms with van der Waals surface area (Å²) in [6, 6.07) is 5.04. The van der Waals surface area contributed by atoms with Crippen LogP contribution in [0.1, 0.15) is 12.8 Å². The van der Waals surface area contributed by atoms with Crippen LogP contribution in [0.25, 0.3) is 0 Å². The molecule has 0 bridgehead atoms. The normalized spacial score (nSPS) is 17.8. The van der Waals surface area contributed by atoms with Gasteiger partial charge in [0.15, 0.2) is 0 Å². The van der Waals surface area contributed by atoms with E-state index in [1.165, 1.54) is 7.11 Å². The molecule has 3 N–H and O–H groups in total. The molecule has 0 unspecified atom stereocenters. The first kappa shape index (κ1) is 14.1. The van der Waals surface area contributed by atoms with Crippen molar-refractivity contribution >= 4 is 23.2 Å². The molecule has 1 aromatic rings. The molecule has 1 aliphatic heterocycles. The van der Waals surface area contributed by atoms with Gasteiger partial charge in [0, 0.05) is 18.2 Å². The number of benzene rings is 1. The van der Waals surface area contributed by atoms with E-state index < -0.39 is 5.54 Å². The van der Waals surface area contributed by atoms with Crippen molar-refractivity contribution in [3.63, 3.8) is 0 Å². The minimum Gasteiger partial charge on any atom is -0.495 e. The topological polar surface area (TPSA) is 73.6 Å². The highest BCUT2D eigenvalue weighted by molar-refractivity contribution is 6.31. The molecule has 0 aromatic heterocycles. The van der Waals surface area contributed by atoms with Crippen molar-refractivity contribution < 1.29 is 14.3 Å². The van der Waals surface area contributed by atoms with E-state index in [-0.39, 0.29) is 5.91 Å². The summed E-state index contributed by atoms with van der Waals surface area (Å²) in [5, 5.41) is 3.31. The molecule has 0 radical (unpaired) electrons. The molecular formula is C13H17ClN2O3. The Morgan fingerprint density at radius 1 is 1.47 bits per heavy atom. The first-order chi connectivity index (χ1) is 9.05. The van der Waals surface area contributed by atoms with E-state index >= 15 is 0 Å². The van der Waals surface area contributed by atoms with Crippen LogP contribution in [0.3, 0.4) is 0 Å². The molecule has 1 fully saturated rings. The number of halogens is 1. The number of nitrogens with one attached hydrogen (secondary N) is 1. The van der Waals surface area contributed by atoms with Crippen LogP contribution in [-0.2, 0) is 9.53 Å². The number of hydrogen-bond acceptors (Lipinski definition) is 4. The Kier molecular flexibility index (Phi) is 4.29. The summed E-state index contributed by atoms with van der Waals surface area (Å²) in [5.74, 6) is 0.310. The van der Waals surface area contributed by atoms with Crippen molar-refractivity contribution in [1.29, 1.82) is 0 Å². The van der Waals surface area contributed by atoms with Crippen molar-refractivity contribution in [2.24, 2.45) is 5.73 Å². The van der Waals surface area contributed by atoms with Crippen molar-refractivity contribution in [2.45, 2.75) is 18.4 Å². The summed E-state index contributed by atoms with van der Waals surface area (Å²) >= 11 is 5.92. The maximum absolute atomic E-state index is 12.3. The van der Waals surface area contributed by atoms with Gasteiger partial charge in [-0.2, -0.15) is 0 Å². The minimum atomic E-state index is -0.897. The van der Waals surface area contributed by atoms with Crippen molar-refractivity contribution in [2.75, 3.05) is 25.6 Å². The zero-order valence-electron chi connectivity index (χ0n) is 10.7. The molecule has 1 amide bonds. The third-order valence-corrected chi connectivity index (χ3v) is 3.48. The van der Waals surface area contributed by atoms with Crippen LogP contribution < -0.4 is 15.8 Å². The zero-order valence-corrected chi connectivity index (χ0v) is 11.5. The van der Waals surface area contributed by atoms with Crippen LogP contribution in [0.15, 0.2) is 18.2 Å². The third-order valence-electron chi connectivity index (χ3n) is 3.25. The second-order valence-corrected chi connectivity index (χ2v) is 5.00. The number of methoxy groups -OCH3 is 1. The lowest BCUT2D eigenvalue weighted by Crippen LogP contribution is -2.54. The lowest BCUT2D eigenvalue weighted by atomic mass is 9.90. The molecule has 5 nitrogen and oxygen atoms in total. The average molecular weight is 285 g/mol. The lowest BCUT2D eigenvalue weighted by molar-refractivity contribution is -0.124. The Balaban J connectivity index is 2.16. The molecule has 6 heteroatoms. The maximum atomic E-state index is 12.3. The SMILES string of the molecule is COc1ccc(Cl)cc1NC(=O)C1(N)CCOCC1. The number of rotatable bonds is 3. The fourth-order valence-corrected chi connectivity index (χ4v) is 2.16. The van der Waals surface area contributed by atoms with E-state index in [1.54, 1.807) is 18.2 Å². The van der Waals surface area contributed by atoms with Gasteiger partial charge < -0.3 is 20.5 Å². The fraction of sp³-hybridized carbons (Fsp3) is 0.462. The number of amides is 1. The first-order valence-electron chi connectivity index (χ1n) is 6.07. The maximum Gasteiger partial charge on any atom is 0.244 e. The van der Waals surface area contributed by atoms with Crippen LogP contribution in [-0.4, -0.2) is 31.8 Å². The van der Waals surface area contributed by atoms with Crippen LogP contribution >= 0.6 is 11.6 Å². The van der Waals surface area contributed by atoms with Gasteiger partial charge in [-0.15, -0.1) is 0 Å². The van der Waals surface area contributed by atoms with E-state index in [0.717, 1.165) is 0 Å². The monoisotopic (exact) mass is 284 g/mol. The predicted molar refractivity (Wildman–Crippen MR) is 73.6 cm³/mol. The molecule has 104 valence electrons. The van der Waals surface area contributed by atoms with Gasteiger partial charge in [0.1, 0.15) is 11.3 Å². The van der Waals surface area contributed by atoms with Crippen LogP contribution in [0, 0.1) is 0 Å². The molecule has 1 saturated heterocycles. The highest BCUT2D eigenvalue weighted by atomic mass is 35.5. The molecular weight excluding hydrogens is 268 g/mol. The standard InChI is InChI=1S/C13H17ClN2O3/c1-18-11-3-2-9(14)8-10(11)16-12(17)13(15)4-6-19-7-5-13/h2-3,8H,4-7,15H2,1H3,(H,16,17). The van der Waals surface area contributed by atoms with E-state index in [2.05, 4.69) is 5.32 Å². The van der Waals surface area contributed by atoms with Crippen LogP contribution in [0.2, 0.25) is 5.02 Å². The second-order valence-electron chi connectivity index (χ2n) is 4.57. The number of nitrogens with two attached hydrogens (primary N) is 1. The third kappa shape index (κ3) is 3.18. The first-order valence-corrected chi connectivity index (χ1v) is 6.44. The summed E-state index contributed by atoms with van der Waals surface area (Å²) < 4.78 is 10.4. The molecule has 0 atom stereocenters. The Hall–Kier alpha value is -1.30. The van der Waals surface area contributed by atoms with E-state index in [9.17, 15) is 4.79 Å². The Bertz CT molecular complexity index is 473. The number of ether oxygens (including phenoxy) is 2. The fourth-order valence-electron chi connectivity index (χ4n) is 1.99. The van der Waals surface area contributed by atoms with Gasteiger partial charge in [0.2, 0.25) is 5.91 Å². The number of hydrogen-bond donors (Lipinski definition) is 2. The van der Waals surface area contributed by atoms with Crippen molar-refractivity contribution in [3.05, 3.63) is 23.2 Å². The highest BCUT2D eigenvalue weighted by Crippen LogP contribution is 2.29. The zero-order chi connectivity index (χ0) is 13.9. The smallest absolute Gasteiger partial charge is 0.244 e. The summed E-state index contributed by atoms with van der Waals surface area (Å²) in [5.41, 5.74) is 5.74. The Morgan fingerprint density at radius 2 is 2.16 bits per heavy atom. The number of carbonyl (C=O) groups excluding carboxylic acids is 1. The number of anilines is 1. The molecule has 1 aliphatic rings. The Labute approximate surface area is 117 Å². The summed E-state index contributed by atoms with van der Waals surface area (Å²) in [4.78, 5) is 12.3. The molecule has 19 heavy (non-hydrogen) atoms. The van der Waals surface area contributed by atoms with Gasteiger partial charge in [-0.25, -0.2) is 0 Å². The van der Waals surface area contributed by atoms with Gasteiger partial charge in [-0.05, 0) is 31.0 Å². The van der Waals surface area contributed by atoms with Crippen molar-refractivity contribution in [3.8, 4) is 5.75 Å². The van der Waals surface area contributed by atoms with Crippen LogP contribution in [0.4, 0.5) is 5.69 Å².